The molecule has 2 N–H and O–H groups in total. The molecule has 0 bridgehead atoms. The summed E-state index contributed by atoms with van der Waals surface area (Å²) in [5, 5.41) is 35.8. The van der Waals surface area contributed by atoms with Gasteiger partial charge in [0, 0.05) is 65.0 Å². The van der Waals surface area contributed by atoms with Crippen LogP contribution in [0.2, 0.25) is 0 Å². The van der Waals surface area contributed by atoms with Crippen molar-refractivity contribution in [2.45, 2.75) is 141 Å². The van der Waals surface area contributed by atoms with Crippen LogP contribution in [0.25, 0.3) is 4.98 Å². The summed E-state index contributed by atoms with van der Waals surface area (Å²) in [5.41, 5.74) is 20.6. The SMILES string of the molecule is COC(=O)CC#N.COC(=O)c1c(N)sc2c1CCC2.COC(=O)c1c(N=Nc2cc3c4c(c2)CCCN4CCC3)sc2c1CCC2.COC(=O)c1c([N+]#N)sc2c1CCC2.O=C1CCCC1.O=S([O-])O[O-].S.c1cc2c3c(c1)CCCN3CCC2. The fraction of sp³-hybridized carbons (Fsp3) is 0.500. The average Bonchev–Trinajstić information content (AvgIpc) is 1.57. The van der Waals surface area contributed by atoms with Gasteiger partial charge in [0.2, 0.25) is 5.39 Å². The zero-order chi connectivity index (χ0) is 61.0. The lowest BCUT2D eigenvalue weighted by atomic mass is 9.91. The van der Waals surface area contributed by atoms with Crippen molar-refractivity contribution < 1.29 is 61.3 Å². The molecule has 1 unspecified atom stereocenters. The second kappa shape index (κ2) is 34.1. The Morgan fingerprint density at radius 1 is 0.628 bits per heavy atom. The molecular formula is C60H73N8O13S5-. The second-order valence-electron chi connectivity index (χ2n) is 20.8. The van der Waals surface area contributed by atoms with E-state index in [0.717, 1.165) is 124 Å². The van der Waals surface area contributed by atoms with Crippen molar-refractivity contribution in [2.75, 3.05) is 70.2 Å². The monoisotopic (exact) mass is 1270 g/mol. The molecule has 1 fully saturated rings. The lowest BCUT2D eigenvalue weighted by Crippen LogP contribution is -2.34. The molecule has 2 aromatic carbocycles. The lowest BCUT2D eigenvalue weighted by molar-refractivity contribution is -0.635. The second-order valence-corrected chi connectivity index (χ2v) is 24.6. The number of aryl methyl sites for hydroxylation is 7. The highest BCUT2D eigenvalue weighted by atomic mass is 32.2. The number of carbonyl (C=O) groups excluding carboxylic acids is 5. The van der Waals surface area contributed by atoms with Crippen molar-refractivity contribution in [3.63, 3.8) is 0 Å². The number of nitrogens with zero attached hydrogens (tertiary/aromatic N) is 7. The molecule has 3 aromatic heterocycles. The molecule has 13 rings (SSSR count). The number of hydrogen-bond acceptors (Lipinski definition) is 23. The molecule has 0 radical (unpaired) electrons. The van der Waals surface area contributed by atoms with Crippen LogP contribution in [-0.4, -0.2) is 93.0 Å². The van der Waals surface area contributed by atoms with Gasteiger partial charge in [-0.2, -0.15) is 18.8 Å². The number of nitrogen functional groups attached to an aromatic ring is 1. The molecule has 4 aliphatic carbocycles. The predicted molar refractivity (Wildman–Crippen MR) is 333 cm³/mol. The Morgan fingerprint density at radius 3 is 1.51 bits per heavy atom. The molecule has 462 valence electrons. The molecule has 86 heavy (non-hydrogen) atoms. The van der Waals surface area contributed by atoms with Gasteiger partial charge in [-0.25, -0.2) is 18.6 Å². The van der Waals surface area contributed by atoms with E-state index in [1.165, 1.54) is 142 Å². The molecule has 1 atom stereocenters. The third kappa shape index (κ3) is 17.6. The summed E-state index contributed by atoms with van der Waals surface area (Å²) in [4.78, 5) is 67.2. The van der Waals surface area contributed by atoms with Crippen LogP contribution >= 0.6 is 47.5 Å². The molecule has 7 heterocycles. The number of hydrogen-bond donors (Lipinski definition) is 1. The van der Waals surface area contributed by atoms with Crippen LogP contribution < -0.4 is 20.8 Å². The fourth-order valence-electron chi connectivity index (χ4n) is 11.9. The molecule has 5 aromatic rings. The number of Topliss-reactive ketones (excluding diaryl/α,β-unsaturated/α-hetero) is 1. The molecule has 0 amide bonds. The fourth-order valence-corrected chi connectivity index (χ4v) is 15.4. The number of nitrogens with two attached hydrogens (primary N) is 1. The maximum Gasteiger partial charge on any atom is 0.455 e. The zero-order valence-corrected chi connectivity index (χ0v) is 53.2. The number of benzene rings is 2. The van der Waals surface area contributed by atoms with Gasteiger partial charge < -0.3 is 48.6 Å². The number of methoxy groups -OCH3 is 4. The summed E-state index contributed by atoms with van der Waals surface area (Å²) < 4.78 is 38.6. The lowest BCUT2D eigenvalue weighted by Gasteiger charge is -2.36. The number of rotatable bonds is 7. The smallest absolute Gasteiger partial charge is 0.455 e. The van der Waals surface area contributed by atoms with Crippen molar-refractivity contribution >= 4 is 121 Å². The number of thiophene rings is 3. The number of esters is 4. The van der Waals surface area contributed by atoms with Crippen molar-refractivity contribution in [1.29, 1.82) is 10.7 Å². The van der Waals surface area contributed by atoms with Crippen LogP contribution in [0, 0.1) is 16.7 Å². The quantitative estimate of drug-likeness (QED) is 0.0301. The van der Waals surface area contributed by atoms with E-state index in [4.69, 9.17) is 35.1 Å². The first-order valence-electron chi connectivity index (χ1n) is 28.5. The molecule has 4 aliphatic heterocycles. The van der Waals surface area contributed by atoms with Gasteiger partial charge in [-0.1, -0.05) is 18.2 Å². The van der Waals surface area contributed by atoms with E-state index in [1.807, 2.05) is 0 Å². The first kappa shape index (κ1) is 68.5. The summed E-state index contributed by atoms with van der Waals surface area (Å²) in [6.45, 7) is 4.90. The third-order valence-electron chi connectivity index (χ3n) is 15.5. The van der Waals surface area contributed by atoms with Gasteiger partial charge in [0.05, 0.1) is 57.1 Å². The zero-order valence-electron chi connectivity index (χ0n) is 48.9. The Hall–Kier alpha value is -6.62. The van der Waals surface area contributed by atoms with E-state index in [9.17, 15) is 24.0 Å². The standard InChI is InChI=1S/C21H23N3O2S.C12H15N.C9H9N2O2S.C9H11NO2S.C5H8O.C4H5NO2.H2O4S.H2S/c1-26-21(25)18-16-7-2-8-17(16)27-20(18)23-22-15-11-13-5-3-9-24-10-4-6-14(12-15)19(13)24;1-4-10-6-2-8-13-9-3-7-11(5-1)12(10)13;1-13-9(12)7-5-3-2-4-6(5)14-8(7)11-10;1-12-9(11)7-5-3-2-4-6(5)13-8(7)10;6-5-3-1-2-4-5;1-7-4(6)2-3-5;1-4-5(2)3;/h11-12H,2-10H2,1H3;1,4-5H,2-3,6-9H2;2-4H2,1H3;2-4,10H2,1H3;1-4H2;2H2,1H3;1H,(H,2,3);1H2/q;;+1;;;;;/p-2. The summed E-state index contributed by atoms with van der Waals surface area (Å²) in [5.74, 6) is -1.02. The van der Waals surface area contributed by atoms with E-state index in [1.54, 1.807) is 34.2 Å². The Bertz CT molecular complexity index is 3290. The molecule has 26 heteroatoms. The average molecular weight is 1270 g/mol. The molecule has 8 aliphatic rings. The Kier molecular flexibility index (Phi) is 27.1. The maximum absolute atomic E-state index is 12.3. The summed E-state index contributed by atoms with van der Waals surface area (Å²) in [7, 11) is 5.41. The van der Waals surface area contributed by atoms with Crippen LogP contribution in [0.4, 0.5) is 32.1 Å². The van der Waals surface area contributed by atoms with Gasteiger partial charge in [0.25, 0.3) is 0 Å². The highest BCUT2D eigenvalue weighted by molar-refractivity contribution is 7.73. The number of anilines is 3. The molecular weight excluding hydrogens is 1200 g/mol. The van der Waals surface area contributed by atoms with Crippen molar-refractivity contribution in [1.82, 2.24) is 0 Å². The van der Waals surface area contributed by atoms with Crippen LogP contribution in [0.15, 0.2) is 40.6 Å². The number of fused-ring (bicyclic) bond motifs is 3. The highest BCUT2D eigenvalue weighted by Gasteiger charge is 2.35. The number of ketones is 1. The highest BCUT2D eigenvalue weighted by Crippen LogP contribution is 2.44. The number of azo groups is 1. The van der Waals surface area contributed by atoms with E-state index in [2.05, 4.69) is 73.9 Å². The van der Waals surface area contributed by atoms with Crippen LogP contribution in [0.5, 0.6) is 0 Å². The maximum atomic E-state index is 12.3. The van der Waals surface area contributed by atoms with Gasteiger partial charge >= 0.3 is 28.9 Å². The van der Waals surface area contributed by atoms with Crippen molar-refractivity contribution in [2.24, 2.45) is 10.2 Å². The van der Waals surface area contributed by atoms with E-state index >= 15 is 0 Å². The van der Waals surface area contributed by atoms with E-state index < -0.39 is 23.3 Å². The topological polar surface area (TPSA) is 304 Å². The van der Waals surface area contributed by atoms with Gasteiger partial charge in [0.1, 0.15) is 22.8 Å². The number of nitriles is 1. The first-order valence-corrected chi connectivity index (χ1v) is 32.0. The van der Waals surface area contributed by atoms with Crippen LogP contribution in [0.1, 0.15) is 162 Å². The largest absolute Gasteiger partial charge is 0.750 e. The Labute approximate surface area is 522 Å². The summed E-state index contributed by atoms with van der Waals surface area (Å²) in [6.07, 6.45) is 22.9. The molecule has 21 nitrogen and oxygen atoms in total. The third-order valence-corrected chi connectivity index (χ3v) is 19.1. The summed E-state index contributed by atoms with van der Waals surface area (Å²) >= 11 is 1.61. The van der Waals surface area contributed by atoms with Gasteiger partial charge in [-0.05, 0) is 184 Å². The number of diazo groups is 1. The van der Waals surface area contributed by atoms with Crippen LogP contribution in [0.3, 0.4) is 0 Å². The van der Waals surface area contributed by atoms with Crippen molar-refractivity contribution in [3.05, 3.63) is 106 Å². The number of ether oxygens (including phenoxy) is 4. The van der Waals surface area contributed by atoms with E-state index in [0.29, 0.717) is 37.5 Å². The number of carbonyl (C=O) groups is 5. The van der Waals surface area contributed by atoms with E-state index in [-0.39, 0.29) is 31.9 Å². The first-order chi connectivity index (χ1) is 41.2. The minimum absolute atomic E-state index is 0. The van der Waals surface area contributed by atoms with Crippen molar-refractivity contribution in [3.8, 4) is 6.07 Å². The minimum Gasteiger partial charge on any atom is -0.750 e. The minimum atomic E-state index is -2.88. The van der Waals surface area contributed by atoms with Gasteiger partial charge in [0.15, 0.2) is 15.5 Å². The van der Waals surface area contributed by atoms with Crippen LogP contribution in [-0.2, 0) is 108 Å². The van der Waals surface area contributed by atoms with Gasteiger partial charge in [-0.15, -0.1) is 32.9 Å². The normalized spacial score (nSPS) is 15.9. The number of para-hydroxylation sites is 1. The predicted octanol–water partition coefficient (Wildman–Crippen LogP) is 11.0. The Balaban J connectivity index is 0.000000173. The molecule has 1 saturated carbocycles. The molecule has 0 spiro atoms. The summed E-state index contributed by atoms with van der Waals surface area (Å²) in [6, 6.07) is 12.8. The van der Waals surface area contributed by atoms with Gasteiger partial charge in [-0.3, -0.25) is 9.59 Å². The Morgan fingerprint density at radius 2 is 1.07 bits per heavy atom. The molecule has 0 saturated heterocycles.